The summed E-state index contributed by atoms with van der Waals surface area (Å²) in [7, 11) is 3.40. The first-order chi connectivity index (χ1) is 11.0. The van der Waals surface area contributed by atoms with Gasteiger partial charge in [0.25, 0.3) is 0 Å². The molecule has 0 unspecified atom stereocenters. The predicted octanol–water partition coefficient (Wildman–Crippen LogP) is 3.21. The molecule has 0 aromatic heterocycles. The van der Waals surface area contributed by atoms with Crippen molar-refractivity contribution in [3.63, 3.8) is 0 Å². The Morgan fingerprint density at radius 1 is 1.25 bits per heavy atom. The highest BCUT2D eigenvalue weighted by Crippen LogP contribution is 2.31. The molecular formula is C15H15ClF4N2OS. The molecule has 1 aliphatic heterocycles. The number of hydrogen-bond donors (Lipinski definition) is 0. The number of halogens is 5. The number of carbonyl (C=O) groups is 1. The average Bonchev–Trinajstić information content (AvgIpc) is 2.68. The van der Waals surface area contributed by atoms with E-state index in [2.05, 4.69) is 0 Å². The third-order valence-corrected chi connectivity index (χ3v) is 4.73. The quantitative estimate of drug-likeness (QED) is 0.550. The molecule has 132 valence electrons. The molecular weight excluding hydrogens is 368 g/mol. The lowest BCUT2D eigenvalue weighted by molar-refractivity contribution is -0.185. The summed E-state index contributed by atoms with van der Waals surface area (Å²) in [6, 6.07) is 1.12. The highest BCUT2D eigenvalue weighted by atomic mass is 35.5. The number of amides is 1. The largest absolute Gasteiger partial charge is 0.471 e. The van der Waals surface area contributed by atoms with Gasteiger partial charge in [-0.05, 0) is 30.0 Å². The van der Waals surface area contributed by atoms with Crippen molar-refractivity contribution in [2.75, 3.05) is 27.2 Å². The Balaban J connectivity index is 2.44. The van der Waals surface area contributed by atoms with E-state index in [1.807, 2.05) is 0 Å². The zero-order valence-electron chi connectivity index (χ0n) is 13.0. The second kappa shape index (κ2) is 6.84. The van der Waals surface area contributed by atoms with Crippen molar-refractivity contribution in [3.05, 3.63) is 33.6 Å². The van der Waals surface area contributed by atoms with E-state index in [9.17, 15) is 22.4 Å². The standard InChI is InChI=1S/C15H15ClF4N2OS/c1-21(2)13(24)12-9-4-6-22(14(23)15(18,19)20)5-3-8(9)11(17)7-10(12)16/h7H,3-6H2,1-2H3. The van der Waals surface area contributed by atoms with Gasteiger partial charge in [-0.25, -0.2) is 4.39 Å². The zero-order valence-corrected chi connectivity index (χ0v) is 14.6. The first-order valence-electron chi connectivity index (χ1n) is 7.11. The van der Waals surface area contributed by atoms with E-state index in [0.29, 0.717) is 21.0 Å². The molecule has 0 N–H and O–H groups in total. The number of fused-ring (bicyclic) bond motifs is 1. The molecule has 1 aliphatic rings. The molecule has 1 aromatic rings. The average molecular weight is 383 g/mol. The van der Waals surface area contributed by atoms with Gasteiger partial charge < -0.3 is 9.80 Å². The van der Waals surface area contributed by atoms with Gasteiger partial charge in [-0.3, -0.25) is 4.79 Å². The molecule has 0 aliphatic carbocycles. The molecule has 0 bridgehead atoms. The zero-order chi connectivity index (χ0) is 18.2. The number of carbonyl (C=O) groups excluding carboxylic acids is 1. The number of benzene rings is 1. The molecule has 1 heterocycles. The fourth-order valence-corrected chi connectivity index (χ4v) is 3.29. The van der Waals surface area contributed by atoms with Crippen LogP contribution in [0.2, 0.25) is 5.02 Å². The molecule has 9 heteroatoms. The number of rotatable bonds is 1. The maximum absolute atomic E-state index is 14.3. The monoisotopic (exact) mass is 382 g/mol. The second-order valence-corrected chi connectivity index (χ2v) is 6.46. The number of nitrogens with zero attached hydrogens (tertiary/aromatic N) is 2. The Kier molecular flexibility index (Phi) is 5.39. The van der Waals surface area contributed by atoms with E-state index >= 15 is 0 Å². The van der Waals surface area contributed by atoms with E-state index in [4.69, 9.17) is 23.8 Å². The fraction of sp³-hybridized carbons (Fsp3) is 0.467. The fourth-order valence-electron chi connectivity index (χ4n) is 2.70. The van der Waals surface area contributed by atoms with Crippen LogP contribution in [0.25, 0.3) is 0 Å². The van der Waals surface area contributed by atoms with Crippen LogP contribution in [0.4, 0.5) is 17.6 Å². The Bertz CT molecular complexity index is 691. The van der Waals surface area contributed by atoms with Gasteiger partial charge in [0.2, 0.25) is 0 Å². The van der Waals surface area contributed by atoms with Gasteiger partial charge in [0.05, 0.1) is 5.02 Å². The van der Waals surface area contributed by atoms with Crippen molar-refractivity contribution >= 4 is 34.7 Å². The van der Waals surface area contributed by atoms with Crippen LogP contribution < -0.4 is 0 Å². The van der Waals surface area contributed by atoms with Gasteiger partial charge in [0, 0.05) is 32.7 Å². The summed E-state index contributed by atoms with van der Waals surface area (Å²) < 4.78 is 52.2. The lowest BCUT2D eigenvalue weighted by Crippen LogP contribution is -2.42. The van der Waals surface area contributed by atoms with E-state index in [1.165, 1.54) is 0 Å². The van der Waals surface area contributed by atoms with Crippen molar-refractivity contribution in [1.82, 2.24) is 9.80 Å². The molecule has 0 spiro atoms. The second-order valence-electron chi connectivity index (χ2n) is 5.66. The first-order valence-corrected chi connectivity index (χ1v) is 7.90. The molecule has 0 saturated heterocycles. The first kappa shape index (κ1) is 18.9. The van der Waals surface area contributed by atoms with Crippen LogP contribution >= 0.6 is 23.8 Å². The van der Waals surface area contributed by atoms with Crippen molar-refractivity contribution < 1.29 is 22.4 Å². The third-order valence-electron chi connectivity index (χ3n) is 3.86. The van der Waals surface area contributed by atoms with Gasteiger partial charge >= 0.3 is 12.1 Å². The van der Waals surface area contributed by atoms with Gasteiger partial charge in [0.15, 0.2) is 0 Å². The lowest BCUT2D eigenvalue weighted by atomic mass is 9.96. The van der Waals surface area contributed by atoms with Gasteiger partial charge in [-0.15, -0.1) is 0 Å². The maximum Gasteiger partial charge on any atom is 0.471 e. The SMILES string of the molecule is CN(C)C(=S)c1c(Cl)cc(F)c2c1CCN(C(=O)C(F)(F)F)CC2. The van der Waals surface area contributed by atoms with E-state index in [1.54, 1.807) is 19.0 Å². The Hall–Kier alpha value is -1.41. The molecule has 0 atom stereocenters. The molecule has 3 nitrogen and oxygen atoms in total. The van der Waals surface area contributed by atoms with Crippen LogP contribution in [0, 0.1) is 5.82 Å². The summed E-state index contributed by atoms with van der Waals surface area (Å²) in [5, 5.41) is 0.112. The Morgan fingerprint density at radius 3 is 2.29 bits per heavy atom. The van der Waals surface area contributed by atoms with Gasteiger partial charge in [-0.2, -0.15) is 13.2 Å². The van der Waals surface area contributed by atoms with Crippen LogP contribution in [0.3, 0.4) is 0 Å². The number of alkyl halides is 3. The minimum absolute atomic E-state index is 0.0246. The van der Waals surface area contributed by atoms with Crippen molar-refractivity contribution in [2.45, 2.75) is 19.0 Å². The molecule has 2 rings (SSSR count). The summed E-state index contributed by atoms with van der Waals surface area (Å²) in [4.78, 5) is 14.1. The highest BCUT2D eigenvalue weighted by Gasteiger charge is 2.43. The smallest absolute Gasteiger partial charge is 0.368 e. The molecule has 24 heavy (non-hydrogen) atoms. The summed E-state index contributed by atoms with van der Waals surface area (Å²) in [6.07, 6.45) is -4.92. The molecule has 0 radical (unpaired) electrons. The van der Waals surface area contributed by atoms with Crippen molar-refractivity contribution in [1.29, 1.82) is 0 Å². The van der Waals surface area contributed by atoms with Crippen LogP contribution in [0.15, 0.2) is 6.07 Å². The van der Waals surface area contributed by atoms with Gasteiger partial charge in [-0.1, -0.05) is 23.8 Å². The predicted molar refractivity (Wildman–Crippen MR) is 86.8 cm³/mol. The van der Waals surface area contributed by atoms with E-state index in [0.717, 1.165) is 6.07 Å². The Morgan fingerprint density at radius 2 is 1.79 bits per heavy atom. The number of hydrogen-bond acceptors (Lipinski definition) is 2. The van der Waals surface area contributed by atoms with Crippen LogP contribution in [-0.2, 0) is 17.6 Å². The van der Waals surface area contributed by atoms with Crippen LogP contribution in [-0.4, -0.2) is 54.1 Å². The normalized spacial score (nSPS) is 14.9. The van der Waals surface area contributed by atoms with Crippen LogP contribution in [0.1, 0.15) is 16.7 Å². The minimum atomic E-state index is -4.95. The number of thiocarbonyl (C=S) groups is 1. The minimum Gasteiger partial charge on any atom is -0.368 e. The summed E-state index contributed by atoms with van der Waals surface area (Å²) >= 11 is 11.4. The summed E-state index contributed by atoms with van der Waals surface area (Å²) in [5.74, 6) is -2.51. The van der Waals surface area contributed by atoms with E-state index in [-0.39, 0.29) is 36.5 Å². The van der Waals surface area contributed by atoms with Crippen molar-refractivity contribution in [3.8, 4) is 0 Å². The summed E-state index contributed by atoms with van der Waals surface area (Å²) in [5.41, 5.74) is 1.17. The third kappa shape index (κ3) is 3.64. The molecule has 1 aromatic carbocycles. The van der Waals surface area contributed by atoms with Gasteiger partial charge in [0.1, 0.15) is 10.8 Å². The van der Waals surface area contributed by atoms with E-state index < -0.39 is 17.9 Å². The topological polar surface area (TPSA) is 23.6 Å². The van der Waals surface area contributed by atoms with Crippen LogP contribution in [0.5, 0.6) is 0 Å². The molecule has 1 amide bonds. The van der Waals surface area contributed by atoms with Crippen molar-refractivity contribution in [2.24, 2.45) is 0 Å². The lowest BCUT2D eigenvalue weighted by Gasteiger charge is -2.21. The summed E-state index contributed by atoms with van der Waals surface area (Å²) in [6.45, 7) is -0.383. The molecule has 0 saturated carbocycles. The highest BCUT2D eigenvalue weighted by molar-refractivity contribution is 7.80. The Labute approximate surface area is 147 Å². The maximum atomic E-state index is 14.3. The molecule has 0 fully saturated rings.